The fraction of sp³-hybridized carbons (Fsp3) is 0.467. The molecule has 0 unspecified atom stereocenters. The van der Waals surface area contributed by atoms with Gasteiger partial charge in [-0.25, -0.2) is 0 Å². The summed E-state index contributed by atoms with van der Waals surface area (Å²) in [5.41, 5.74) is 0.193. The van der Waals surface area contributed by atoms with Gasteiger partial charge in [-0.1, -0.05) is 32.0 Å². The normalized spacial score (nSPS) is 27.9. The summed E-state index contributed by atoms with van der Waals surface area (Å²) in [5.74, 6) is -2.04. The van der Waals surface area contributed by atoms with Gasteiger partial charge < -0.3 is 10.1 Å². The van der Waals surface area contributed by atoms with Gasteiger partial charge in [0.25, 0.3) is 5.69 Å². The molecule has 2 rings (SSSR count). The number of nitro groups is 1. The molecular weight excluding hydrogens is 288 g/mol. The monoisotopic (exact) mass is 306 g/mol. The molecule has 0 radical (unpaired) electrons. The summed E-state index contributed by atoms with van der Waals surface area (Å²) in [7, 11) is 1.27. The molecule has 22 heavy (non-hydrogen) atoms. The molecular formula is C15H18N2O5. The number of para-hydroxylation sites is 1. The third-order valence-electron chi connectivity index (χ3n) is 4.37. The first-order chi connectivity index (χ1) is 10.4. The first kappa shape index (κ1) is 15.9. The van der Waals surface area contributed by atoms with Crippen molar-refractivity contribution in [3.8, 4) is 0 Å². The molecule has 4 atom stereocenters. The molecule has 1 aromatic carbocycles. The lowest BCUT2D eigenvalue weighted by Crippen LogP contribution is -2.51. The number of nitro benzene ring substituents is 1. The smallest absolute Gasteiger partial charge is 0.311 e. The van der Waals surface area contributed by atoms with Gasteiger partial charge in [0.15, 0.2) is 0 Å². The van der Waals surface area contributed by atoms with E-state index in [0.29, 0.717) is 5.56 Å². The maximum absolute atomic E-state index is 12.2. The average molecular weight is 306 g/mol. The highest BCUT2D eigenvalue weighted by molar-refractivity contribution is 5.84. The van der Waals surface area contributed by atoms with Crippen LogP contribution in [0.25, 0.3) is 0 Å². The lowest BCUT2D eigenvalue weighted by atomic mass is 9.73. The predicted molar refractivity (Wildman–Crippen MR) is 77.8 cm³/mol. The first-order valence-electron chi connectivity index (χ1n) is 7.00. The van der Waals surface area contributed by atoms with Gasteiger partial charge in [0, 0.05) is 12.0 Å². The number of rotatable bonds is 3. The highest BCUT2D eigenvalue weighted by Gasteiger charge is 2.46. The second-order valence-corrected chi connectivity index (χ2v) is 5.50. The SMILES string of the molecule is COC(=O)[C@H]1[C@H](C)[C@H](C)C(=O)N[C@@H]1c1ccccc1[N+](=O)[O-]. The molecule has 7 heteroatoms. The predicted octanol–water partition coefficient (Wildman–Crippen LogP) is 1.83. The van der Waals surface area contributed by atoms with Crippen molar-refractivity contribution in [3.63, 3.8) is 0 Å². The summed E-state index contributed by atoms with van der Waals surface area (Å²) in [6.07, 6.45) is 0. The minimum atomic E-state index is -0.771. The Morgan fingerprint density at radius 2 is 1.95 bits per heavy atom. The third kappa shape index (κ3) is 2.66. The van der Waals surface area contributed by atoms with Gasteiger partial charge in [-0.05, 0) is 5.92 Å². The fourth-order valence-electron chi connectivity index (χ4n) is 2.90. The molecule has 1 saturated heterocycles. The maximum Gasteiger partial charge on any atom is 0.311 e. The molecule has 1 aliphatic rings. The Balaban J connectivity index is 2.52. The van der Waals surface area contributed by atoms with E-state index in [-0.39, 0.29) is 23.4 Å². The average Bonchev–Trinajstić information content (AvgIpc) is 2.51. The van der Waals surface area contributed by atoms with E-state index in [1.165, 1.54) is 13.2 Å². The van der Waals surface area contributed by atoms with Crippen LogP contribution >= 0.6 is 0 Å². The molecule has 0 saturated carbocycles. The summed E-state index contributed by atoms with van der Waals surface area (Å²) in [6.45, 7) is 3.51. The number of hydrogen-bond donors (Lipinski definition) is 1. The summed E-state index contributed by atoms with van der Waals surface area (Å²) < 4.78 is 4.84. The summed E-state index contributed by atoms with van der Waals surface area (Å²) in [4.78, 5) is 34.9. The number of amides is 1. The van der Waals surface area contributed by atoms with Crippen molar-refractivity contribution in [3.05, 3.63) is 39.9 Å². The zero-order valence-electron chi connectivity index (χ0n) is 12.6. The number of hydrogen-bond acceptors (Lipinski definition) is 5. The van der Waals surface area contributed by atoms with Crippen LogP contribution < -0.4 is 5.32 Å². The van der Waals surface area contributed by atoms with E-state index >= 15 is 0 Å². The van der Waals surface area contributed by atoms with Gasteiger partial charge in [0.2, 0.25) is 5.91 Å². The Morgan fingerprint density at radius 3 is 2.55 bits per heavy atom. The number of carbonyl (C=O) groups excluding carboxylic acids is 2. The van der Waals surface area contributed by atoms with E-state index < -0.39 is 22.9 Å². The molecule has 1 heterocycles. The molecule has 1 N–H and O–H groups in total. The summed E-state index contributed by atoms with van der Waals surface area (Å²) >= 11 is 0. The first-order valence-corrected chi connectivity index (χ1v) is 7.00. The number of esters is 1. The zero-order valence-corrected chi connectivity index (χ0v) is 12.6. The van der Waals surface area contributed by atoms with Crippen LogP contribution in [0.4, 0.5) is 5.69 Å². The van der Waals surface area contributed by atoms with Gasteiger partial charge in [-0.15, -0.1) is 0 Å². The Hall–Kier alpha value is -2.44. The summed E-state index contributed by atoms with van der Waals surface area (Å²) in [5, 5.41) is 13.9. The van der Waals surface area contributed by atoms with Crippen LogP contribution in [-0.2, 0) is 14.3 Å². The van der Waals surface area contributed by atoms with Crippen molar-refractivity contribution in [2.24, 2.45) is 17.8 Å². The van der Waals surface area contributed by atoms with Gasteiger partial charge in [-0.2, -0.15) is 0 Å². The summed E-state index contributed by atoms with van der Waals surface area (Å²) in [6, 6.07) is 5.34. The fourth-order valence-corrected chi connectivity index (χ4v) is 2.90. The highest BCUT2D eigenvalue weighted by Crippen LogP contribution is 2.40. The number of carbonyl (C=O) groups is 2. The lowest BCUT2D eigenvalue weighted by molar-refractivity contribution is -0.385. The van der Waals surface area contributed by atoms with Crippen LogP contribution in [0.2, 0.25) is 0 Å². The van der Waals surface area contributed by atoms with Crippen LogP contribution in [0.5, 0.6) is 0 Å². The van der Waals surface area contributed by atoms with Crippen LogP contribution in [-0.4, -0.2) is 23.9 Å². The molecule has 0 aliphatic carbocycles. The molecule has 0 aromatic heterocycles. The van der Waals surface area contributed by atoms with E-state index in [1.807, 2.05) is 0 Å². The van der Waals surface area contributed by atoms with Gasteiger partial charge in [0.05, 0.1) is 29.6 Å². The maximum atomic E-state index is 12.2. The molecule has 118 valence electrons. The van der Waals surface area contributed by atoms with E-state index in [0.717, 1.165) is 0 Å². The zero-order chi connectivity index (χ0) is 16.4. The third-order valence-corrected chi connectivity index (χ3v) is 4.37. The molecule has 0 spiro atoms. The van der Waals surface area contributed by atoms with E-state index in [9.17, 15) is 19.7 Å². The minimum Gasteiger partial charge on any atom is -0.469 e. The number of piperidine rings is 1. The Kier molecular flexibility index (Phi) is 4.44. The van der Waals surface area contributed by atoms with Crippen molar-refractivity contribution in [1.29, 1.82) is 0 Å². The van der Waals surface area contributed by atoms with Crippen molar-refractivity contribution >= 4 is 17.6 Å². The van der Waals surface area contributed by atoms with Crippen molar-refractivity contribution in [2.45, 2.75) is 19.9 Å². The largest absolute Gasteiger partial charge is 0.469 e. The van der Waals surface area contributed by atoms with E-state index in [1.54, 1.807) is 32.0 Å². The highest BCUT2D eigenvalue weighted by atomic mass is 16.6. The standard InChI is InChI=1S/C15H18N2O5/c1-8-9(2)14(18)16-13(12(8)15(19)22-3)10-6-4-5-7-11(10)17(20)21/h4-9,12-13H,1-3H3,(H,16,18)/t8-,9+,12+,13-/m1/s1. The van der Waals surface area contributed by atoms with Crippen molar-refractivity contribution < 1.29 is 19.2 Å². The lowest BCUT2D eigenvalue weighted by Gasteiger charge is -2.38. The topological polar surface area (TPSA) is 98.5 Å². The van der Waals surface area contributed by atoms with E-state index in [2.05, 4.69) is 5.32 Å². The Morgan fingerprint density at radius 1 is 1.32 bits per heavy atom. The minimum absolute atomic E-state index is 0.122. The Labute approximate surface area is 127 Å². The molecule has 1 amide bonds. The van der Waals surface area contributed by atoms with Crippen LogP contribution in [0.3, 0.4) is 0 Å². The number of ether oxygens (including phenoxy) is 1. The number of nitrogens with zero attached hydrogens (tertiary/aromatic N) is 1. The molecule has 0 bridgehead atoms. The molecule has 1 aliphatic heterocycles. The van der Waals surface area contributed by atoms with Gasteiger partial charge >= 0.3 is 5.97 Å². The second kappa shape index (κ2) is 6.13. The van der Waals surface area contributed by atoms with Crippen molar-refractivity contribution in [1.82, 2.24) is 5.32 Å². The molecule has 1 fully saturated rings. The Bertz CT molecular complexity index is 616. The quantitative estimate of drug-likeness (QED) is 0.522. The van der Waals surface area contributed by atoms with Crippen LogP contribution in [0.15, 0.2) is 24.3 Å². The van der Waals surface area contributed by atoms with Gasteiger partial charge in [0.1, 0.15) is 0 Å². The molecule has 1 aromatic rings. The van der Waals surface area contributed by atoms with Crippen molar-refractivity contribution in [2.75, 3.05) is 7.11 Å². The second-order valence-electron chi connectivity index (χ2n) is 5.50. The van der Waals surface area contributed by atoms with E-state index in [4.69, 9.17) is 4.74 Å². The van der Waals surface area contributed by atoms with Crippen LogP contribution in [0, 0.1) is 27.9 Å². The van der Waals surface area contributed by atoms with Gasteiger partial charge in [-0.3, -0.25) is 19.7 Å². The van der Waals surface area contributed by atoms with Crippen LogP contribution in [0.1, 0.15) is 25.5 Å². The number of methoxy groups -OCH3 is 1. The number of benzene rings is 1. The molecule has 7 nitrogen and oxygen atoms in total. The number of nitrogens with one attached hydrogen (secondary N) is 1.